The van der Waals surface area contributed by atoms with E-state index in [4.69, 9.17) is 11.6 Å². The van der Waals surface area contributed by atoms with Crippen LogP contribution in [-0.4, -0.2) is 11.1 Å². The highest BCUT2D eigenvalue weighted by Gasteiger charge is 2.21. The van der Waals surface area contributed by atoms with Gasteiger partial charge < -0.3 is 5.11 Å². The van der Waals surface area contributed by atoms with Crippen molar-refractivity contribution >= 4 is 33.5 Å². The lowest BCUT2D eigenvalue weighted by Gasteiger charge is -2.14. The first-order chi connectivity index (χ1) is 9.47. The van der Waals surface area contributed by atoms with E-state index >= 15 is 0 Å². The Hall–Kier alpha value is -1.39. The third-order valence-corrected chi connectivity index (χ3v) is 3.96. The van der Waals surface area contributed by atoms with Crippen LogP contribution in [0.1, 0.15) is 17.0 Å². The predicted molar refractivity (Wildman–Crippen MR) is 79.6 cm³/mol. The molecule has 0 fully saturated rings. The Bertz CT molecular complexity index is 646. The lowest BCUT2D eigenvalue weighted by Crippen LogP contribution is -2.14. The van der Waals surface area contributed by atoms with Crippen LogP contribution in [0.15, 0.2) is 46.9 Å². The molecule has 5 heteroatoms. The third-order valence-electron chi connectivity index (χ3n) is 2.99. The van der Waals surface area contributed by atoms with Crippen LogP contribution in [0, 0.1) is 5.82 Å². The number of carboxylic acids is 1. The molecule has 20 heavy (non-hydrogen) atoms. The molecule has 0 aromatic heterocycles. The first-order valence-corrected chi connectivity index (χ1v) is 7.06. The Kier molecular flexibility index (Phi) is 4.78. The number of carboxylic acid groups (broad SMARTS) is 1. The summed E-state index contributed by atoms with van der Waals surface area (Å²) >= 11 is 9.15. The summed E-state index contributed by atoms with van der Waals surface area (Å²) in [6.45, 7) is 0. The minimum atomic E-state index is -0.941. The highest BCUT2D eigenvalue weighted by Crippen LogP contribution is 2.27. The number of halogens is 3. The van der Waals surface area contributed by atoms with Crippen molar-refractivity contribution in [1.29, 1.82) is 0 Å². The maximum Gasteiger partial charge on any atom is 0.311 e. The lowest BCUT2D eigenvalue weighted by molar-refractivity contribution is -0.138. The molecule has 0 aliphatic rings. The zero-order valence-electron chi connectivity index (χ0n) is 10.3. The average molecular weight is 358 g/mol. The monoisotopic (exact) mass is 356 g/mol. The fraction of sp³-hybridized carbons (Fsp3) is 0.133. The van der Waals surface area contributed by atoms with Crippen LogP contribution >= 0.6 is 27.5 Å². The van der Waals surface area contributed by atoms with Crippen LogP contribution in [-0.2, 0) is 11.2 Å². The van der Waals surface area contributed by atoms with Gasteiger partial charge in [0.2, 0.25) is 0 Å². The first-order valence-electron chi connectivity index (χ1n) is 5.89. The molecule has 0 spiro atoms. The zero-order valence-corrected chi connectivity index (χ0v) is 12.7. The van der Waals surface area contributed by atoms with Crippen molar-refractivity contribution in [3.05, 3.63) is 68.9 Å². The van der Waals surface area contributed by atoms with Gasteiger partial charge in [0.05, 0.1) is 5.92 Å². The Labute approximate surface area is 129 Å². The minimum absolute atomic E-state index is 0.260. The molecule has 104 valence electrons. The smallest absolute Gasteiger partial charge is 0.311 e. The van der Waals surface area contributed by atoms with Crippen LogP contribution in [0.5, 0.6) is 0 Å². The van der Waals surface area contributed by atoms with Gasteiger partial charge in [-0.25, -0.2) is 4.39 Å². The van der Waals surface area contributed by atoms with Crippen molar-refractivity contribution in [3.63, 3.8) is 0 Å². The Morgan fingerprint density at radius 2 is 2.05 bits per heavy atom. The minimum Gasteiger partial charge on any atom is -0.481 e. The van der Waals surface area contributed by atoms with E-state index in [1.54, 1.807) is 30.3 Å². The van der Waals surface area contributed by atoms with E-state index in [-0.39, 0.29) is 12.2 Å². The van der Waals surface area contributed by atoms with Gasteiger partial charge in [-0.1, -0.05) is 45.7 Å². The number of hydrogen-bond acceptors (Lipinski definition) is 1. The summed E-state index contributed by atoms with van der Waals surface area (Å²) in [5, 5.41) is 9.88. The van der Waals surface area contributed by atoms with Crippen molar-refractivity contribution in [2.75, 3.05) is 0 Å². The maximum atomic E-state index is 13.1. The third kappa shape index (κ3) is 3.58. The molecule has 0 aliphatic heterocycles. The SMILES string of the molecule is O=C(O)C(Cc1ccc(F)cc1Br)c1cccc(Cl)c1. The van der Waals surface area contributed by atoms with Gasteiger partial charge in [-0.3, -0.25) is 4.79 Å². The summed E-state index contributed by atoms with van der Waals surface area (Å²) in [6, 6.07) is 11.0. The van der Waals surface area contributed by atoms with Crippen LogP contribution in [0.4, 0.5) is 4.39 Å². The van der Waals surface area contributed by atoms with Crippen LogP contribution < -0.4 is 0 Å². The lowest BCUT2D eigenvalue weighted by atomic mass is 9.92. The summed E-state index contributed by atoms with van der Waals surface area (Å²) in [7, 11) is 0. The van der Waals surface area contributed by atoms with Gasteiger partial charge in [0.1, 0.15) is 5.82 Å². The molecule has 2 nitrogen and oxygen atoms in total. The maximum absolute atomic E-state index is 13.1. The molecule has 2 rings (SSSR count). The Balaban J connectivity index is 2.33. The van der Waals surface area contributed by atoms with E-state index in [0.29, 0.717) is 15.1 Å². The van der Waals surface area contributed by atoms with E-state index in [1.165, 1.54) is 12.1 Å². The van der Waals surface area contributed by atoms with E-state index in [0.717, 1.165) is 5.56 Å². The quantitative estimate of drug-likeness (QED) is 0.864. The van der Waals surface area contributed by atoms with Gasteiger partial charge in [0, 0.05) is 9.50 Å². The van der Waals surface area contributed by atoms with E-state index in [2.05, 4.69) is 15.9 Å². The molecule has 0 heterocycles. The van der Waals surface area contributed by atoms with Crippen molar-refractivity contribution in [2.45, 2.75) is 12.3 Å². The number of hydrogen-bond donors (Lipinski definition) is 1. The summed E-state index contributed by atoms with van der Waals surface area (Å²) in [5.74, 6) is -2.03. The van der Waals surface area contributed by atoms with Gasteiger partial charge in [-0.15, -0.1) is 0 Å². The second-order valence-electron chi connectivity index (χ2n) is 4.39. The summed E-state index contributed by atoms with van der Waals surface area (Å²) < 4.78 is 13.6. The predicted octanol–water partition coefficient (Wildman–Crippen LogP) is 4.65. The van der Waals surface area contributed by atoms with Crippen LogP contribution in [0.3, 0.4) is 0 Å². The van der Waals surface area contributed by atoms with Gasteiger partial charge >= 0.3 is 5.97 Å². The molecule has 0 radical (unpaired) electrons. The molecule has 0 saturated heterocycles. The summed E-state index contributed by atoms with van der Waals surface area (Å²) in [6.07, 6.45) is 0.260. The normalized spacial score (nSPS) is 12.2. The standard InChI is InChI=1S/C15H11BrClFO2/c16-14-8-12(18)5-4-10(14)7-13(15(19)20)9-2-1-3-11(17)6-9/h1-6,8,13H,7H2,(H,19,20). The highest BCUT2D eigenvalue weighted by atomic mass is 79.9. The van der Waals surface area contributed by atoms with Crippen molar-refractivity contribution in [1.82, 2.24) is 0 Å². The topological polar surface area (TPSA) is 37.3 Å². The second-order valence-corrected chi connectivity index (χ2v) is 5.68. The Morgan fingerprint density at radius 3 is 2.65 bits per heavy atom. The Morgan fingerprint density at radius 1 is 1.30 bits per heavy atom. The van der Waals surface area contributed by atoms with E-state index in [1.807, 2.05) is 0 Å². The highest BCUT2D eigenvalue weighted by molar-refractivity contribution is 9.10. The van der Waals surface area contributed by atoms with Crippen molar-refractivity contribution < 1.29 is 14.3 Å². The molecule has 0 amide bonds. The fourth-order valence-corrected chi connectivity index (χ4v) is 2.69. The number of carbonyl (C=O) groups is 1. The molecule has 1 atom stereocenters. The molecule has 1 N–H and O–H groups in total. The molecule has 2 aromatic rings. The van der Waals surface area contributed by atoms with Crippen LogP contribution in [0.2, 0.25) is 5.02 Å². The molecule has 0 aliphatic carbocycles. The van der Waals surface area contributed by atoms with Crippen LogP contribution in [0.25, 0.3) is 0 Å². The molecule has 2 aromatic carbocycles. The van der Waals surface area contributed by atoms with E-state index in [9.17, 15) is 14.3 Å². The zero-order chi connectivity index (χ0) is 14.7. The van der Waals surface area contributed by atoms with Gasteiger partial charge in [-0.2, -0.15) is 0 Å². The van der Waals surface area contributed by atoms with Gasteiger partial charge in [0.25, 0.3) is 0 Å². The molecular formula is C15H11BrClFO2. The summed E-state index contributed by atoms with van der Waals surface area (Å²) in [4.78, 5) is 11.5. The summed E-state index contributed by atoms with van der Waals surface area (Å²) in [5.41, 5.74) is 1.36. The number of rotatable bonds is 4. The molecule has 1 unspecified atom stereocenters. The number of aliphatic carboxylic acids is 1. The fourth-order valence-electron chi connectivity index (χ4n) is 1.98. The van der Waals surface area contributed by atoms with Crippen molar-refractivity contribution in [2.24, 2.45) is 0 Å². The van der Waals surface area contributed by atoms with E-state index < -0.39 is 11.9 Å². The van der Waals surface area contributed by atoms with Crippen molar-refractivity contribution in [3.8, 4) is 0 Å². The molecule has 0 bridgehead atoms. The molecular weight excluding hydrogens is 347 g/mol. The van der Waals surface area contributed by atoms with Gasteiger partial charge in [0.15, 0.2) is 0 Å². The second kappa shape index (κ2) is 6.37. The first kappa shape index (κ1) is 15.0. The molecule has 0 saturated carbocycles. The van der Waals surface area contributed by atoms with Gasteiger partial charge in [-0.05, 0) is 41.8 Å². The number of benzene rings is 2. The largest absolute Gasteiger partial charge is 0.481 e. The average Bonchev–Trinajstić information content (AvgIpc) is 2.37.